The number of fused-ring (bicyclic) bond motifs is 1. The van der Waals surface area contributed by atoms with Gasteiger partial charge < -0.3 is 16.0 Å². The molecular formula is C21H25N3O2. The van der Waals surface area contributed by atoms with E-state index in [0.717, 1.165) is 5.56 Å². The summed E-state index contributed by atoms with van der Waals surface area (Å²) in [7, 11) is 0. The van der Waals surface area contributed by atoms with Gasteiger partial charge in [0.1, 0.15) is 6.04 Å². The second kappa shape index (κ2) is 8.15. The van der Waals surface area contributed by atoms with Gasteiger partial charge in [0, 0.05) is 13.1 Å². The van der Waals surface area contributed by atoms with Crippen LogP contribution in [0, 0.1) is 6.92 Å². The van der Waals surface area contributed by atoms with Crippen LogP contribution >= 0.6 is 0 Å². The van der Waals surface area contributed by atoms with E-state index >= 15 is 0 Å². The monoisotopic (exact) mass is 351 g/mol. The first-order valence-corrected chi connectivity index (χ1v) is 8.97. The Bertz CT molecular complexity index is 786. The zero-order valence-corrected chi connectivity index (χ0v) is 15.2. The molecule has 1 aliphatic rings. The normalized spacial score (nSPS) is 17.1. The van der Waals surface area contributed by atoms with Crippen molar-refractivity contribution in [2.75, 3.05) is 0 Å². The number of rotatable bonds is 5. The molecule has 1 aliphatic heterocycles. The van der Waals surface area contributed by atoms with Crippen molar-refractivity contribution < 1.29 is 9.59 Å². The van der Waals surface area contributed by atoms with Crippen LogP contribution in [-0.2, 0) is 29.1 Å². The predicted octanol–water partition coefficient (Wildman–Crippen LogP) is 1.83. The lowest BCUT2D eigenvalue weighted by Gasteiger charge is -2.26. The summed E-state index contributed by atoms with van der Waals surface area (Å²) in [5, 5.41) is 8.92. The topological polar surface area (TPSA) is 70.2 Å². The molecule has 0 saturated heterocycles. The molecular weight excluding hydrogens is 326 g/mol. The molecule has 2 aromatic carbocycles. The SMILES string of the molecule is Cc1ccc(CNC(=O)[C@H](C)NC(=O)[C@@H]2Cc3ccccc3CN2)cc1. The summed E-state index contributed by atoms with van der Waals surface area (Å²) in [5.74, 6) is -0.326. The standard InChI is InChI=1S/C21H25N3O2/c1-14-7-9-16(10-8-14)12-23-20(25)15(2)24-21(26)19-11-17-5-3-4-6-18(17)13-22-19/h3-10,15,19,22H,11-13H2,1-2H3,(H,23,25)(H,24,26)/t15-,19-/m0/s1. The van der Waals surface area contributed by atoms with Gasteiger partial charge in [-0.1, -0.05) is 54.1 Å². The molecule has 5 heteroatoms. The van der Waals surface area contributed by atoms with Crippen LogP contribution in [0.15, 0.2) is 48.5 Å². The molecule has 136 valence electrons. The van der Waals surface area contributed by atoms with E-state index in [1.54, 1.807) is 6.92 Å². The quantitative estimate of drug-likeness (QED) is 0.770. The third kappa shape index (κ3) is 4.49. The number of benzene rings is 2. The van der Waals surface area contributed by atoms with Crippen LogP contribution in [0.25, 0.3) is 0 Å². The van der Waals surface area contributed by atoms with Crippen molar-refractivity contribution in [1.82, 2.24) is 16.0 Å². The van der Waals surface area contributed by atoms with Crippen molar-refractivity contribution in [1.29, 1.82) is 0 Å². The summed E-state index contributed by atoms with van der Waals surface area (Å²) in [6, 6.07) is 15.2. The lowest BCUT2D eigenvalue weighted by molar-refractivity contribution is -0.129. The van der Waals surface area contributed by atoms with Gasteiger partial charge >= 0.3 is 0 Å². The molecule has 0 unspecified atom stereocenters. The summed E-state index contributed by atoms with van der Waals surface area (Å²) in [4.78, 5) is 24.7. The summed E-state index contributed by atoms with van der Waals surface area (Å²) in [5.41, 5.74) is 4.62. The Labute approximate surface area is 154 Å². The smallest absolute Gasteiger partial charge is 0.242 e. The van der Waals surface area contributed by atoms with E-state index in [0.29, 0.717) is 19.5 Å². The number of carbonyl (C=O) groups excluding carboxylic acids is 2. The first kappa shape index (κ1) is 18.1. The van der Waals surface area contributed by atoms with Crippen LogP contribution in [-0.4, -0.2) is 23.9 Å². The first-order valence-electron chi connectivity index (χ1n) is 8.97. The Morgan fingerprint density at radius 2 is 1.81 bits per heavy atom. The molecule has 26 heavy (non-hydrogen) atoms. The maximum absolute atomic E-state index is 12.5. The van der Waals surface area contributed by atoms with Gasteiger partial charge in [-0.15, -0.1) is 0 Å². The van der Waals surface area contributed by atoms with Crippen molar-refractivity contribution >= 4 is 11.8 Å². The van der Waals surface area contributed by atoms with Crippen molar-refractivity contribution in [3.05, 3.63) is 70.8 Å². The van der Waals surface area contributed by atoms with Crippen LogP contribution in [0.5, 0.6) is 0 Å². The largest absolute Gasteiger partial charge is 0.350 e. The maximum atomic E-state index is 12.5. The van der Waals surface area contributed by atoms with Crippen LogP contribution in [0.4, 0.5) is 0 Å². The number of hydrogen-bond acceptors (Lipinski definition) is 3. The molecule has 2 atom stereocenters. The molecule has 0 aliphatic carbocycles. The van der Waals surface area contributed by atoms with E-state index in [4.69, 9.17) is 0 Å². The molecule has 0 fully saturated rings. The molecule has 0 spiro atoms. The van der Waals surface area contributed by atoms with Crippen molar-refractivity contribution in [2.24, 2.45) is 0 Å². The minimum Gasteiger partial charge on any atom is -0.350 e. The Balaban J connectivity index is 1.49. The van der Waals surface area contributed by atoms with Gasteiger partial charge in [-0.25, -0.2) is 0 Å². The molecule has 2 aromatic rings. The molecule has 3 N–H and O–H groups in total. The molecule has 0 saturated carbocycles. The Kier molecular flexibility index (Phi) is 5.68. The highest BCUT2D eigenvalue weighted by atomic mass is 16.2. The third-order valence-corrected chi connectivity index (χ3v) is 4.74. The molecule has 0 bridgehead atoms. The average molecular weight is 351 g/mol. The van der Waals surface area contributed by atoms with Crippen LogP contribution in [0.1, 0.15) is 29.2 Å². The third-order valence-electron chi connectivity index (χ3n) is 4.74. The average Bonchev–Trinajstić information content (AvgIpc) is 2.66. The highest BCUT2D eigenvalue weighted by Gasteiger charge is 2.26. The second-order valence-electron chi connectivity index (χ2n) is 6.84. The van der Waals surface area contributed by atoms with E-state index in [1.165, 1.54) is 16.7 Å². The summed E-state index contributed by atoms with van der Waals surface area (Å²) in [6.07, 6.45) is 0.639. The number of amides is 2. The lowest BCUT2D eigenvalue weighted by atomic mass is 9.95. The van der Waals surface area contributed by atoms with Crippen molar-refractivity contribution in [3.8, 4) is 0 Å². The zero-order valence-electron chi connectivity index (χ0n) is 15.2. The summed E-state index contributed by atoms with van der Waals surface area (Å²) in [6.45, 7) is 4.85. The second-order valence-corrected chi connectivity index (χ2v) is 6.84. The highest BCUT2D eigenvalue weighted by Crippen LogP contribution is 2.16. The molecule has 5 nitrogen and oxygen atoms in total. The van der Waals surface area contributed by atoms with E-state index in [9.17, 15) is 9.59 Å². The Morgan fingerprint density at radius 1 is 1.12 bits per heavy atom. The van der Waals surface area contributed by atoms with Crippen LogP contribution < -0.4 is 16.0 Å². The van der Waals surface area contributed by atoms with Gasteiger partial charge in [0.05, 0.1) is 6.04 Å². The van der Waals surface area contributed by atoms with Gasteiger partial charge in [-0.2, -0.15) is 0 Å². The lowest BCUT2D eigenvalue weighted by Crippen LogP contribution is -2.53. The van der Waals surface area contributed by atoms with E-state index in [-0.39, 0.29) is 17.9 Å². The predicted molar refractivity (Wildman–Crippen MR) is 101 cm³/mol. The van der Waals surface area contributed by atoms with Gasteiger partial charge in [0.15, 0.2) is 0 Å². The fraction of sp³-hybridized carbons (Fsp3) is 0.333. The van der Waals surface area contributed by atoms with Gasteiger partial charge in [-0.3, -0.25) is 9.59 Å². The Hall–Kier alpha value is -2.66. The number of nitrogens with one attached hydrogen (secondary N) is 3. The van der Waals surface area contributed by atoms with Crippen molar-refractivity contribution in [3.63, 3.8) is 0 Å². The fourth-order valence-electron chi connectivity index (χ4n) is 3.07. The molecule has 1 heterocycles. The van der Waals surface area contributed by atoms with Crippen LogP contribution in [0.2, 0.25) is 0 Å². The summed E-state index contributed by atoms with van der Waals surface area (Å²) >= 11 is 0. The summed E-state index contributed by atoms with van der Waals surface area (Å²) < 4.78 is 0. The minimum atomic E-state index is -0.577. The highest BCUT2D eigenvalue weighted by molar-refractivity contribution is 5.89. The van der Waals surface area contributed by atoms with Gasteiger partial charge in [-0.05, 0) is 37.0 Å². The molecule has 3 rings (SSSR count). The maximum Gasteiger partial charge on any atom is 0.242 e. The minimum absolute atomic E-state index is 0.141. The van der Waals surface area contributed by atoms with E-state index in [1.807, 2.05) is 49.4 Å². The van der Waals surface area contributed by atoms with Gasteiger partial charge in [0.25, 0.3) is 0 Å². The molecule has 2 amide bonds. The number of aryl methyl sites for hydroxylation is 1. The Morgan fingerprint density at radius 3 is 2.54 bits per heavy atom. The zero-order chi connectivity index (χ0) is 18.5. The van der Waals surface area contributed by atoms with E-state index < -0.39 is 6.04 Å². The van der Waals surface area contributed by atoms with Gasteiger partial charge in [0.2, 0.25) is 11.8 Å². The number of carbonyl (C=O) groups is 2. The van der Waals surface area contributed by atoms with Crippen molar-refractivity contribution in [2.45, 2.75) is 45.4 Å². The van der Waals surface area contributed by atoms with Crippen LogP contribution in [0.3, 0.4) is 0 Å². The van der Waals surface area contributed by atoms with E-state index in [2.05, 4.69) is 22.0 Å². The first-order chi connectivity index (χ1) is 12.5. The molecule has 0 radical (unpaired) electrons. The number of hydrogen-bond donors (Lipinski definition) is 3. The fourth-order valence-corrected chi connectivity index (χ4v) is 3.07. The molecule has 0 aromatic heterocycles.